The summed E-state index contributed by atoms with van der Waals surface area (Å²) in [7, 11) is 0. The fourth-order valence-corrected chi connectivity index (χ4v) is 1.17. The minimum absolute atomic E-state index is 0.0458. The number of carbonyl (C=O) groups is 1. The second-order valence-electron chi connectivity index (χ2n) is 3.02. The Balaban J connectivity index is 2.08. The highest BCUT2D eigenvalue weighted by Gasteiger charge is 2.09. The molecular weight excluding hydrogens is 198 g/mol. The van der Waals surface area contributed by atoms with Crippen molar-refractivity contribution in [2.75, 3.05) is 0 Å². The van der Waals surface area contributed by atoms with Gasteiger partial charge in [0.05, 0.1) is 18.4 Å². The number of oxazole rings is 1. The van der Waals surface area contributed by atoms with Crippen LogP contribution in [0.2, 0.25) is 0 Å². The molecule has 0 aliphatic heterocycles. The molecular formula is C10H9NO4. The number of furan rings is 1. The number of hydrogen-bond donors (Lipinski definition) is 1. The topological polar surface area (TPSA) is 76.5 Å². The predicted molar refractivity (Wildman–Crippen MR) is 50.2 cm³/mol. The van der Waals surface area contributed by atoms with E-state index in [2.05, 4.69) is 4.98 Å². The van der Waals surface area contributed by atoms with Gasteiger partial charge in [0.25, 0.3) is 5.89 Å². The molecule has 0 atom stereocenters. The number of hydrogen-bond acceptors (Lipinski definition) is 4. The largest absolute Gasteiger partial charge is 0.481 e. The lowest BCUT2D eigenvalue weighted by Crippen LogP contribution is -1.97. The quantitative estimate of drug-likeness (QED) is 0.829. The number of nitrogens with zero attached hydrogens (tertiary/aromatic N) is 1. The van der Waals surface area contributed by atoms with Gasteiger partial charge in [-0.15, -0.1) is 0 Å². The number of carboxylic acid groups (broad SMARTS) is 1. The van der Waals surface area contributed by atoms with Crippen molar-refractivity contribution in [2.45, 2.75) is 12.8 Å². The third kappa shape index (κ3) is 2.25. The van der Waals surface area contributed by atoms with Crippen LogP contribution in [-0.4, -0.2) is 16.1 Å². The molecule has 0 amide bonds. The summed E-state index contributed by atoms with van der Waals surface area (Å²) in [5.74, 6) is 0.0644. The molecule has 1 N–H and O–H groups in total. The normalized spacial score (nSPS) is 10.4. The van der Waals surface area contributed by atoms with Gasteiger partial charge in [-0.2, -0.15) is 0 Å². The maximum Gasteiger partial charge on any atom is 0.303 e. The zero-order valence-corrected chi connectivity index (χ0v) is 7.84. The van der Waals surface area contributed by atoms with E-state index in [-0.39, 0.29) is 6.42 Å². The van der Waals surface area contributed by atoms with Crippen molar-refractivity contribution in [1.82, 2.24) is 4.98 Å². The summed E-state index contributed by atoms with van der Waals surface area (Å²) in [6, 6.07) is 3.46. The van der Waals surface area contributed by atoms with E-state index in [1.54, 1.807) is 12.1 Å². The van der Waals surface area contributed by atoms with Gasteiger partial charge in [-0.3, -0.25) is 4.79 Å². The van der Waals surface area contributed by atoms with Crippen molar-refractivity contribution in [1.29, 1.82) is 0 Å². The first-order chi connectivity index (χ1) is 7.25. The summed E-state index contributed by atoms with van der Waals surface area (Å²) in [6.45, 7) is 0. The Kier molecular flexibility index (Phi) is 2.53. The first-order valence-electron chi connectivity index (χ1n) is 4.46. The van der Waals surface area contributed by atoms with E-state index in [1.807, 2.05) is 0 Å². The molecule has 5 nitrogen and oxygen atoms in total. The summed E-state index contributed by atoms with van der Waals surface area (Å²) >= 11 is 0. The van der Waals surface area contributed by atoms with Gasteiger partial charge in [0.15, 0.2) is 5.76 Å². The monoisotopic (exact) mass is 207 g/mol. The zero-order valence-electron chi connectivity index (χ0n) is 7.84. The SMILES string of the molecule is O=C(O)CCc1coc(-c2ccco2)n1. The molecule has 2 rings (SSSR count). The van der Waals surface area contributed by atoms with Crippen molar-refractivity contribution >= 4 is 5.97 Å². The van der Waals surface area contributed by atoms with E-state index in [1.165, 1.54) is 12.5 Å². The number of aliphatic carboxylic acids is 1. The third-order valence-electron chi connectivity index (χ3n) is 1.88. The number of carboxylic acids is 1. The van der Waals surface area contributed by atoms with E-state index in [9.17, 15) is 4.79 Å². The summed E-state index contributed by atoms with van der Waals surface area (Å²) in [4.78, 5) is 14.4. The highest BCUT2D eigenvalue weighted by atomic mass is 16.4. The molecule has 0 aromatic carbocycles. The maximum absolute atomic E-state index is 10.3. The number of rotatable bonds is 4. The lowest BCUT2D eigenvalue weighted by molar-refractivity contribution is -0.136. The van der Waals surface area contributed by atoms with Gasteiger partial charge in [0.2, 0.25) is 0 Å². The number of aromatic nitrogens is 1. The second kappa shape index (κ2) is 4.00. The van der Waals surface area contributed by atoms with Gasteiger partial charge in [-0.1, -0.05) is 0 Å². The minimum Gasteiger partial charge on any atom is -0.481 e. The smallest absolute Gasteiger partial charge is 0.303 e. The zero-order chi connectivity index (χ0) is 10.7. The van der Waals surface area contributed by atoms with Crippen LogP contribution in [0.3, 0.4) is 0 Å². The van der Waals surface area contributed by atoms with Gasteiger partial charge < -0.3 is 13.9 Å². The maximum atomic E-state index is 10.3. The van der Waals surface area contributed by atoms with Crippen LogP contribution in [0, 0.1) is 0 Å². The van der Waals surface area contributed by atoms with Crippen LogP contribution in [-0.2, 0) is 11.2 Å². The first-order valence-corrected chi connectivity index (χ1v) is 4.46. The van der Waals surface area contributed by atoms with Gasteiger partial charge in [0.1, 0.15) is 6.26 Å². The molecule has 0 saturated heterocycles. The predicted octanol–water partition coefficient (Wildman–Crippen LogP) is 1.95. The average molecular weight is 207 g/mol. The molecule has 0 spiro atoms. The molecule has 2 aromatic heterocycles. The van der Waals surface area contributed by atoms with Gasteiger partial charge in [0, 0.05) is 6.42 Å². The first kappa shape index (κ1) is 9.51. The van der Waals surface area contributed by atoms with Crippen LogP contribution in [0.15, 0.2) is 33.5 Å². The molecule has 2 aromatic rings. The Morgan fingerprint density at radius 3 is 3.00 bits per heavy atom. The Morgan fingerprint density at radius 2 is 2.33 bits per heavy atom. The standard InChI is InChI=1S/C10H9NO4/c12-9(13)4-3-7-6-15-10(11-7)8-2-1-5-14-8/h1-2,5-6H,3-4H2,(H,12,13). The summed E-state index contributed by atoms with van der Waals surface area (Å²) in [6.07, 6.45) is 3.38. The molecule has 0 saturated carbocycles. The van der Waals surface area contributed by atoms with Crippen molar-refractivity contribution in [3.05, 3.63) is 30.4 Å². The Morgan fingerprint density at radius 1 is 1.47 bits per heavy atom. The van der Waals surface area contributed by atoms with Gasteiger partial charge >= 0.3 is 5.97 Å². The van der Waals surface area contributed by atoms with E-state index in [0.717, 1.165) is 0 Å². The lowest BCUT2D eigenvalue weighted by atomic mass is 10.2. The van der Waals surface area contributed by atoms with E-state index < -0.39 is 5.97 Å². The number of aryl methyl sites for hydroxylation is 1. The van der Waals surface area contributed by atoms with Crippen LogP contribution < -0.4 is 0 Å². The highest BCUT2D eigenvalue weighted by Crippen LogP contribution is 2.19. The highest BCUT2D eigenvalue weighted by molar-refractivity contribution is 5.66. The van der Waals surface area contributed by atoms with Crippen molar-refractivity contribution in [2.24, 2.45) is 0 Å². The Hall–Kier alpha value is -2.04. The fourth-order valence-electron chi connectivity index (χ4n) is 1.17. The van der Waals surface area contributed by atoms with Gasteiger partial charge in [-0.05, 0) is 12.1 Å². The average Bonchev–Trinajstić information content (AvgIpc) is 2.85. The second-order valence-corrected chi connectivity index (χ2v) is 3.02. The molecule has 78 valence electrons. The Labute approximate surface area is 85.3 Å². The molecule has 0 unspecified atom stereocenters. The van der Waals surface area contributed by atoms with Gasteiger partial charge in [-0.25, -0.2) is 4.98 Å². The molecule has 2 heterocycles. The van der Waals surface area contributed by atoms with Crippen molar-refractivity contribution < 1.29 is 18.7 Å². The third-order valence-corrected chi connectivity index (χ3v) is 1.88. The van der Waals surface area contributed by atoms with E-state index >= 15 is 0 Å². The van der Waals surface area contributed by atoms with Crippen LogP contribution in [0.4, 0.5) is 0 Å². The molecule has 0 fully saturated rings. The van der Waals surface area contributed by atoms with Crippen LogP contribution in [0.1, 0.15) is 12.1 Å². The molecule has 0 bridgehead atoms. The Bertz CT molecular complexity index is 444. The van der Waals surface area contributed by atoms with E-state index in [4.69, 9.17) is 13.9 Å². The molecule has 0 radical (unpaired) electrons. The minimum atomic E-state index is -0.849. The summed E-state index contributed by atoms with van der Waals surface area (Å²) in [5.41, 5.74) is 0.615. The molecule has 5 heteroatoms. The summed E-state index contributed by atoms with van der Waals surface area (Å²) in [5, 5.41) is 8.49. The van der Waals surface area contributed by atoms with E-state index in [0.29, 0.717) is 23.8 Å². The fraction of sp³-hybridized carbons (Fsp3) is 0.200. The van der Waals surface area contributed by atoms with Crippen molar-refractivity contribution in [3.8, 4) is 11.7 Å². The van der Waals surface area contributed by atoms with Crippen LogP contribution in [0.25, 0.3) is 11.7 Å². The van der Waals surface area contributed by atoms with Crippen LogP contribution in [0.5, 0.6) is 0 Å². The van der Waals surface area contributed by atoms with Crippen molar-refractivity contribution in [3.63, 3.8) is 0 Å². The molecule has 15 heavy (non-hydrogen) atoms. The molecule has 0 aliphatic rings. The lowest BCUT2D eigenvalue weighted by Gasteiger charge is -1.88. The van der Waals surface area contributed by atoms with Crippen LogP contribution >= 0.6 is 0 Å². The molecule has 0 aliphatic carbocycles. The summed E-state index contributed by atoms with van der Waals surface area (Å²) < 4.78 is 10.2.